The van der Waals surface area contributed by atoms with Crippen molar-refractivity contribution in [3.05, 3.63) is 29.6 Å². The fraction of sp³-hybridized carbons (Fsp3) is 0.647. The van der Waals surface area contributed by atoms with Gasteiger partial charge in [-0.05, 0) is 57.3 Å². The topological polar surface area (TPSA) is 24.5 Å². The van der Waals surface area contributed by atoms with Crippen LogP contribution in [0, 0.1) is 11.7 Å². The summed E-state index contributed by atoms with van der Waals surface area (Å²) >= 11 is 0. The average molecular weight is 292 g/mol. The Kier molecular flexibility index (Phi) is 4.76. The highest BCUT2D eigenvalue weighted by Crippen LogP contribution is 2.28. The van der Waals surface area contributed by atoms with Crippen LogP contribution in [0.15, 0.2) is 18.2 Å². The molecule has 2 fully saturated rings. The van der Waals surface area contributed by atoms with E-state index in [0.29, 0.717) is 18.3 Å². The maximum Gasteiger partial charge on any atom is 0.131 e. The average Bonchev–Trinajstić information content (AvgIpc) is 3.33. The summed E-state index contributed by atoms with van der Waals surface area (Å²) in [6.45, 7) is 3.99. The molecule has 0 atom stereocenters. The van der Waals surface area contributed by atoms with Crippen LogP contribution in [0.25, 0.3) is 0 Å². The molecule has 1 aliphatic carbocycles. The van der Waals surface area contributed by atoms with E-state index in [1.54, 1.807) is 7.11 Å². The van der Waals surface area contributed by atoms with Crippen LogP contribution in [0.4, 0.5) is 4.39 Å². The van der Waals surface area contributed by atoms with E-state index in [9.17, 15) is 4.39 Å². The Morgan fingerprint density at radius 2 is 2.00 bits per heavy atom. The molecule has 0 amide bonds. The zero-order chi connectivity index (χ0) is 14.7. The summed E-state index contributed by atoms with van der Waals surface area (Å²) in [5.74, 6) is 1.36. The van der Waals surface area contributed by atoms with E-state index in [4.69, 9.17) is 4.74 Å². The third kappa shape index (κ3) is 4.17. The number of rotatable bonds is 6. The van der Waals surface area contributed by atoms with Crippen molar-refractivity contribution in [1.82, 2.24) is 10.2 Å². The molecular weight excluding hydrogens is 267 g/mol. The molecule has 1 N–H and O–H groups in total. The second-order valence-electron chi connectivity index (χ2n) is 6.36. The normalized spacial score (nSPS) is 20.7. The zero-order valence-electron chi connectivity index (χ0n) is 12.8. The predicted octanol–water partition coefficient (Wildman–Crippen LogP) is 2.80. The standard InChI is InChI=1S/C17H25FN2O/c1-21-16-5-4-14(17(18)10-16)12-20-8-6-15(7-9-20)19-11-13-2-3-13/h4-5,10,13,15,19H,2-3,6-9,11-12H2,1H3. The van der Waals surface area contributed by atoms with Crippen LogP contribution in [0.1, 0.15) is 31.2 Å². The summed E-state index contributed by atoms with van der Waals surface area (Å²) in [6.07, 6.45) is 5.15. The smallest absolute Gasteiger partial charge is 0.131 e. The molecule has 116 valence electrons. The Labute approximate surface area is 126 Å². The van der Waals surface area contributed by atoms with Crippen LogP contribution in [0.2, 0.25) is 0 Å². The first-order chi connectivity index (χ1) is 10.2. The van der Waals surface area contributed by atoms with Crippen LogP contribution >= 0.6 is 0 Å². The van der Waals surface area contributed by atoms with Gasteiger partial charge in [-0.25, -0.2) is 4.39 Å². The zero-order valence-corrected chi connectivity index (χ0v) is 12.8. The van der Waals surface area contributed by atoms with E-state index in [1.165, 1.54) is 38.3 Å². The number of halogens is 1. The van der Waals surface area contributed by atoms with Gasteiger partial charge in [0.2, 0.25) is 0 Å². The summed E-state index contributed by atoms with van der Waals surface area (Å²) in [4.78, 5) is 2.35. The minimum atomic E-state index is -0.164. The number of hydrogen-bond acceptors (Lipinski definition) is 3. The molecule has 2 aliphatic rings. The predicted molar refractivity (Wildman–Crippen MR) is 82.0 cm³/mol. The highest BCUT2D eigenvalue weighted by Gasteiger charge is 2.24. The lowest BCUT2D eigenvalue weighted by molar-refractivity contribution is 0.188. The van der Waals surface area contributed by atoms with Gasteiger partial charge in [-0.1, -0.05) is 6.07 Å². The number of nitrogens with one attached hydrogen (secondary N) is 1. The number of ether oxygens (including phenoxy) is 1. The first-order valence-corrected chi connectivity index (χ1v) is 8.03. The van der Waals surface area contributed by atoms with E-state index in [1.807, 2.05) is 12.1 Å². The maximum absolute atomic E-state index is 14.0. The molecule has 0 unspecified atom stereocenters. The first-order valence-electron chi connectivity index (χ1n) is 8.03. The van der Waals surface area contributed by atoms with Crippen LogP contribution in [0.5, 0.6) is 5.75 Å². The van der Waals surface area contributed by atoms with E-state index in [2.05, 4.69) is 10.2 Å². The van der Waals surface area contributed by atoms with Crippen molar-refractivity contribution < 1.29 is 9.13 Å². The largest absolute Gasteiger partial charge is 0.497 e. The highest BCUT2D eigenvalue weighted by atomic mass is 19.1. The van der Waals surface area contributed by atoms with Gasteiger partial charge >= 0.3 is 0 Å². The van der Waals surface area contributed by atoms with E-state index in [0.717, 1.165) is 24.6 Å². The van der Waals surface area contributed by atoms with Gasteiger partial charge in [-0.15, -0.1) is 0 Å². The Balaban J connectivity index is 1.46. The van der Waals surface area contributed by atoms with Crippen LogP contribution in [-0.4, -0.2) is 37.7 Å². The number of piperidine rings is 1. The molecule has 21 heavy (non-hydrogen) atoms. The van der Waals surface area contributed by atoms with Gasteiger partial charge in [0.05, 0.1) is 7.11 Å². The van der Waals surface area contributed by atoms with Crippen molar-refractivity contribution in [2.75, 3.05) is 26.7 Å². The Morgan fingerprint density at radius 1 is 1.24 bits per heavy atom. The molecule has 0 radical (unpaired) electrons. The van der Waals surface area contributed by atoms with E-state index in [-0.39, 0.29) is 5.82 Å². The molecule has 0 bridgehead atoms. The van der Waals surface area contributed by atoms with Crippen LogP contribution in [-0.2, 0) is 6.54 Å². The van der Waals surface area contributed by atoms with Crippen molar-refractivity contribution in [3.63, 3.8) is 0 Å². The van der Waals surface area contributed by atoms with Crippen molar-refractivity contribution in [1.29, 1.82) is 0 Å². The Bertz CT molecular complexity index is 468. The molecule has 4 heteroatoms. The molecule has 1 aliphatic heterocycles. The molecule has 3 rings (SSSR count). The van der Waals surface area contributed by atoms with Crippen molar-refractivity contribution in [2.45, 2.75) is 38.3 Å². The van der Waals surface area contributed by atoms with Gasteiger partial charge < -0.3 is 10.1 Å². The molecule has 1 saturated heterocycles. The lowest BCUT2D eigenvalue weighted by atomic mass is 10.0. The summed E-state index contributed by atoms with van der Waals surface area (Å²) in [7, 11) is 1.56. The summed E-state index contributed by atoms with van der Waals surface area (Å²) in [5.41, 5.74) is 0.764. The van der Waals surface area contributed by atoms with Crippen LogP contribution in [0.3, 0.4) is 0 Å². The molecule has 1 aromatic carbocycles. The first kappa shape index (κ1) is 14.8. The molecule has 1 saturated carbocycles. The number of methoxy groups -OCH3 is 1. The lowest BCUT2D eigenvalue weighted by Gasteiger charge is -2.32. The Hall–Kier alpha value is -1.13. The second-order valence-corrected chi connectivity index (χ2v) is 6.36. The molecule has 0 spiro atoms. The maximum atomic E-state index is 14.0. The number of benzene rings is 1. The fourth-order valence-electron chi connectivity index (χ4n) is 2.97. The van der Waals surface area contributed by atoms with Gasteiger partial charge in [0.1, 0.15) is 11.6 Å². The SMILES string of the molecule is COc1ccc(CN2CCC(NCC3CC3)CC2)c(F)c1. The molecular formula is C17H25FN2O. The quantitative estimate of drug-likeness (QED) is 0.872. The summed E-state index contributed by atoms with van der Waals surface area (Å²) in [5, 5.41) is 3.68. The highest BCUT2D eigenvalue weighted by molar-refractivity contribution is 5.28. The molecule has 1 heterocycles. The van der Waals surface area contributed by atoms with E-state index < -0.39 is 0 Å². The van der Waals surface area contributed by atoms with Gasteiger partial charge in [0, 0.05) is 24.2 Å². The third-order valence-electron chi connectivity index (χ3n) is 4.63. The fourth-order valence-corrected chi connectivity index (χ4v) is 2.97. The van der Waals surface area contributed by atoms with Crippen molar-refractivity contribution in [2.24, 2.45) is 5.92 Å². The second kappa shape index (κ2) is 6.75. The Morgan fingerprint density at radius 3 is 2.62 bits per heavy atom. The summed E-state index contributed by atoms with van der Waals surface area (Å²) in [6, 6.07) is 5.80. The number of nitrogens with zero attached hydrogens (tertiary/aromatic N) is 1. The van der Waals surface area contributed by atoms with E-state index >= 15 is 0 Å². The van der Waals surface area contributed by atoms with Gasteiger partial charge in [0.15, 0.2) is 0 Å². The van der Waals surface area contributed by atoms with Crippen molar-refractivity contribution in [3.8, 4) is 5.75 Å². The van der Waals surface area contributed by atoms with Gasteiger partial charge in [-0.2, -0.15) is 0 Å². The lowest BCUT2D eigenvalue weighted by Crippen LogP contribution is -2.42. The number of likely N-dealkylation sites (tertiary alicyclic amines) is 1. The van der Waals surface area contributed by atoms with Crippen molar-refractivity contribution >= 4 is 0 Å². The van der Waals surface area contributed by atoms with Gasteiger partial charge in [0.25, 0.3) is 0 Å². The molecule has 3 nitrogen and oxygen atoms in total. The number of hydrogen-bond donors (Lipinski definition) is 1. The van der Waals surface area contributed by atoms with Gasteiger partial charge in [-0.3, -0.25) is 4.90 Å². The minimum absolute atomic E-state index is 0.164. The third-order valence-corrected chi connectivity index (χ3v) is 4.63. The van der Waals surface area contributed by atoms with Crippen LogP contribution < -0.4 is 10.1 Å². The summed E-state index contributed by atoms with van der Waals surface area (Å²) < 4.78 is 19.0. The minimum Gasteiger partial charge on any atom is -0.497 e. The molecule has 0 aromatic heterocycles. The molecule has 1 aromatic rings. The monoisotopic (exact) mass is 292 g/mol.